The molecule has 0 saturated heterocycles. The molecule has 3 aromatic carbocycles. The Hall–Kier alpha value is -2.38. The van der Waals surface area contributed by atoms with Crippen LogP contribution < -0.4 is 10.0 Å². The van der Waals surface area contributed by atoms with E-state index in [2.05, 4.69) is 10.0 Å². The summed E-state index contributed by atoms with van der Waals surface area (Å²) >= 11 is 11.8. The van der Waals surface area contributed by atoms with E-state index in [9.17, 15) is 13.2 Å². The van der Waals surface area contributed by atoms with E-state index >= 15 is 0 Å². The number of amides is 1. The Kier molecular flexibility index (Phi) is 7.73. The molecule has 0 fully saturated rings. The van der Waals surface area contributed by atoms with Gasteiger partial charge in [-0.3, -0.25) is 4.79 Å². The Bertz CT molecular complexity index is 1120. The van der Waals surface area contributed by atoms with Gasteiger partial charge in [-0.1, -0.05) is 65.7 Å². The summed E-state index contributed by atoms with van der Waals surface area (Å²) in [5, 5.41) is 3.91. The number of nitrogens with one attached hydrogen (secondary N) is 2. The average molecular weight is 477 g/mol. The summed E-state index contributed by atoms with van der Waals surface area (Å²) in [6.07, 6.45) is 0.201. The van der Waals surface area contributed by atoms with Gasteiger partial charge in [-0.05, 0) is 60.9 Å². The molecular formula is C23H22Cl2N2O3S. The summed E-state index contributed by atoms with van der Waals surface area (Å²) in [4.78, 5) is 13.1. The van der Waals surface area contributed by atoms with E-state index in [0.717, 1.165) is 11.1 Å². The Labute approximate surface area is 192 Å². The number of carbonyl (C=O) groups is 1. The molecular weight excluding hydrogens is 455 g/mol. The Morgan fingerprint density at radius 3 is 2.00 bits per heavy atom. The second-order valence-electron chi connectivity index (χ2n) is 7.10. The quantitative estimate of drug-likeness (QED) is 0.491. The minimum absolute atomic E-state index is 0.0357. The van der Waals surface area contributed by atoms with Crippen LogP contribution in [0.4, 0.5) is 0 Å². The van der Waals surface area contributed by atoms with Crippen LogP contribution in [0.15, 0.2) is 83.8 Å². The molecule has 31 heavy (non-hydrogen) atoms. The lowest BCUT2D eigenvalue weighted by molar-refractivity contribution is -0.123. The van der Waals surface area contributed by atoms with Crippen LogP contribution in [0.2, 0.25) is 10.0 Å². The lowest BCUT2D eigenvalue weighted by atomic mass is 10.0. The summed E-state index contributed by atoms with van der Waals surface area (Å²) in [6.45, 7) is 1.83. The molecule has 0 aliphatic rings. The fourth-order valence-corrected chi connectivity index (χ4v) is 4.50. The van der Waals surface area contributed by atoms with E-state index in [4.69, 9.17) is 23.2 Å². The molecule has 0 spiro atoms. The van der Waals surface area contributed by atoms with Crippen molar-refractivity contribution in [2.45, 2.75) is 30.3 Å². The first kappa shape index (κ1) is 23.3. The summed E-state index contributed by atoms with van der Waals surface area (Å²) in [5.74, 6) is -0.427. The highest BCUT2D eigenvalue weighted by atomic mass is 35.5. The molecule has 0 heterocycles. The smallest absolute Gasteiger partial charge is 0.241 e. The molecule has 0 bridgehead atoms. The van der Waals surface area contributed by atoms with Gasteiger partial charge in [-0.15, -0.1) is 0 Å². The van der Waals surface area contributed by atoms with Gasteiger partial charge in [0, 0.05) is 10.0 Å². The van der Waals surface area contributed by atoms with Gasteiger partial charge in [0.1, 0.15) is 6.04 Å². The number of benzene rings is 3. The summed E-state index contributed by atoms with van der Waals surface area (Å²) in [6, 6.07) is 20.8. The first-order valence-corrected chi connectivity index (χ1v) is 11.9. The van der Waals surface area contributed by atoms with Gasteiger partial charge >= 0.3 is 0 Å². The van der Waals surface area contributed by atoms with Crippen molar-refractivity contribution < 1.29 is 13.2 Å². The highest BCUT2D eigenvalue weighted by Gasteiger charge is 2.27. The van der Waals surface area contributed by atoms with Crippen LogP contribution in [-0.2, 0) is 21.2 Å². The fraction of sp³-hybridized carbons (Fsp3) is 0.174. The molecule has 1 amide bonds. The Morgan fingerprint density at radius 2 is 1.42 bits per heavy atom. The minimum Gasteiger partial charge on any atom is -0.348 e. The van der Waals surface area contributed by atoms with Crippen molar-refractivity contribution in [3.05, 3.63) is 100 Å². The van der Waals surface area contributed by atoms with E-state index in [0.29, 0.717) is 10.0 Å². The molecule has 3 aromatic rings. The molecule has 0 aliphatic carbocycles. The molecule has 0 radical (unpaired) electrons. The van der Waals surface area contributed by atoms with Gasteiger partial charge in [0.15, 0.2) is 0 Å². The lowest BCUT2D eigenvalue weighted by Gasteiger charge is -2.22. The van der Waals surface area contributed by atoms with Crippen LogP contribution in [0, 0.1) is 0 Å². The zero-order valence-electron chi connectivity index (χ0n) is 16.8. The maximum atomic E-state index is 13.1. The van der Waals surface area contributed by atoms with Gasteiger partial charge in [0.05, 0.1) is 10.9 Å². The lowest BCUT2D eigenvalue weighted by Crippen LogP contribution is -2.48. The second kappa shape index (κ2) is 10.3. The monoisotopic (exact) mass is 476 g/mol. The van der Waals surface area contributed by atoms with Crippen molar-refractivity contribution in [3.8, 4) is 0 Å². The third-order valence-corrected chi connectivity index (χ3v) is 6.74. The zero-order chi connectivity index (χ0) is 22.4. The number of rotatable bonds is 8. The van der Waals surface area contributed by atoms with Crippen LogP contribution in [0.1, 0.15) is 24.1 Å². The summed E-state index contributed by atoms with van der Waals surface area (Å²) in [7, 11) is -3.93. The van der Waals surface area contributed by atoms with Crippen molar-refractivity contribution in [3.63, 3.8) is 0 Å². The van der Waals surface area contributed by atoms with Crippen LogP contribution in [0.5, 0.6) is 0 Å². The first-order valence-electron chi connectivity index (χ1n) is 9.62. The molecule has 3 rings (SSSR count). The Morgan fingerprint density at radius 1 is 0.871 bits per heavy atom. The molecule has 8 heteroatoms. The van der Waals surface area contributed by atoms with Gasteiger partial charge in [0.25, 0.3) is 0 Å². The van der Waals surface area contributed by atoms with Crippen LogP contribution in [0.25, 0.3) is 0 Å². The molecule has 162 valence electrons. The molecule has 0 aliphatic heterocycles. The van der Waals surface area contributed by atoms with Crippen molar-refractivity contribution in [2.75, 3.05) is 0 Å². The van der Waals surface area contributed by atoms with Gasteiger partial charge in [-0.25, -0.2) is 8.42 Å². The largest absolute Gasteiger partial charge is 0.348 e. The van der Waals surface area contributed by atoms with E-state index < -0.39 is 22.0 Å². The van der Waals surface area contributed by atoms with Gasteiger partial charge in [0.2, 0.25) is 15.9 Å². The van der Waals surface area contributed by atoms with E-state index in [-0.39, 0.29) is 17.4 Å². The van der Waals surface area contributed by atoms with Crippen molar-refractivity contribution in [2.24, 2.45) is 0 Å². The van der Waals surface area contributed by atoms with E-state index in [1.807, 2.05) is 49.4 Å². The van der Waals surface area contributed by atoms with Crippen molar-refractivity contribution in [1.29, 1.82) is 0 Å². The van der Waals surface area contributed by atoms with E-state index in [1.54, 1.807) is 12.1 Å². The predicted molar refractivity (Wildman–Crippen MR) is 124 cm³/mol. The molecule has 0 aromatic heterocycles. The number of hydrogen-bond acceptors (Lipinski definition) is 3. The minimum atomic E-state index is -3.93. The third-order valence-electron chi connectivity index (χ3n) is 4.75. The standard InChI is InChI=1S/C23H22Cl2N2O3S/c1-16(18-7-9-19(24)10-8-18)26-23(28)22(15-17-5-3-2-4-6-17)27-31(29,30)21-13-11-20(25)12-14-21/h2-14,16,22,27H,15H2,1H3,(H,26,28)/t16-,22+/m1/s1. The molecule has 2 atom stereocenters. The highest BCUT2D eigenvalue weighted by Crippen LogP contribution is 2.18. The first-order chi connectivity index (χ1) is 14.7. The summed E-state index contributed by atoms with van der Waals surface area (Å²) in [5.41, 5.74) is 1.69. The zero-order valence-corrected chi connectivity index (χ0v) is 19.1. The second-order valence-corrected chi connectivity index (χ2v) is 9.69. The fourth-order valence-electron chi connectivity index (χ4n) is 3.06. The van der Waals surface area contributed by atoms with Crippen molar-refractivity contribution >= 4 is 39.1 Å². The maximum absolute atomic E-state index is 13.1. The number of halogens is 2. The number of carbonyl (C=O) groups excluding carboxylic acids is 1. The molecule has 0 saturated carbocycles. The van der Waals surface area contributed by atoms with E-state index in [1.165, 1.54) is 24.3 Å². The predicted octanol–water partition coefficient (Wildman–Crippen LogP) is 4.76. The highest BCUT2D eigenvalue weighted by molar-refractivity contribution is 7.89. The summed E-state index contributed by atoms with van der Waals surface area (Å²) < 4.78 is 28.3. The van der Waals surface area contributed by atoms with Gasteiger partial charge < -0.3 is 5.32 Å². The van der Waals surface area contributed by atoms with Crippen molar-refractivity contribution in [1.82, 2.24) is 10.0 Å². The number of hydrogen-bond donors (Lipinski definition) is 2. The third kappa shape index (κ3) is 6.55. The van der Waals surface area contributed by atoms with Crippen LogP contribution in [0.3, 0.4) is 0 Å². The van der Waals surface area contributed by atoms with Gasteiger partial charge in [-0.2, -0.15) is 4.72 Å². The SMILES string of the molecule is C[C@@H](NC(=O)[C@H](Cc1ccccc1)NS(=O)(=O)c1ccc(Cl)cc1)c1ccc(Cl)cc1. The number of sulfonamides is 1. The normalized spacial score (nSPS) is 13.4. The maximum Gasteiger partial charge on any atom is 0.241 e. The topological polar surface area (TPSA) is 75.3 Å². The van der Waals surface area contributed by atoms with Crippen LogP contribution >= 0.6 is 23.2 Å². The van der Waals surface area contributed by atoms with Crippen LogP contribution in [-0.4, -0.2) is 20.4 Å². The molecule has 5 nitrogen and oxygen atoms in total. The molecule has 2 N–H and O–H groups in total. The average Bonchev–Trinajstić information content (AvgIpc) is 2.74. The Balaban J connectivity index is 1.82. The molecule has 0 unspecified atom stereocenters.